The highest BCUT2D eigenvalue weighted by Crippen LogP contribution is 2.24. The molecular weight excluding hydrogens is 299 g/mol. The van der Waals surface area contributed by atoms with Crippen LogP contribution in [0, 0.1) is 0 Å². The smallest absolute Gasteiger partial charge is 0.294 e. The molecule has 2 rings (SSSR count). The third-order valence-corrected chi connectivity index (χ3v) is 3.95. The average molecular weight is 307 g/mol. The van der Waals surface area contributed by atoms with Crippen molar-refractivity contribution in [1.82, 2.24) is 9.36 Å². The molecule has 0 spiro atoms. The molecule has 0 fully saturated rings. The molecule has 0 aliphatic rings. The van der Waals surface area contributed by atoms with Crippen LogP contribution in [0.15, 0.2) is 23.4 Å². The standard InChI is InChI=1S/C10H8Cl2N2OS2/c1-16-9-13-10(17-14-9)15-5-6-2-3-7(11)8(12)4-6/h2-4H,5H2,1H3. The summed E-state index contributed by atoms with van der Waals surface area (Å²) in [6.07, 6.45) is 1.92. The van der Waals surface area contributed by atoms with E-state index in [4.69, 9.17) is 27.9 Å². The molecule has 2 aromatic rings. The van der Waals surface area contributed by atoms with Gasteiger partial charge in [0.2, 0.25) is 5.16 Å². The van der Waals surface area contributed by atoms with Gasteiger partial charge in [0, 0.05) is 11.5 Å². The van der Waals surface area contributed by atoms with Gasteiger partial charge in [-0.25, -0.2) is 0 Å². The molecule has 0 aliphatic heterocycles. The zero-order valence-corrected chi connectivity index (χ0v) is 12.0. The third-order valence-electron chi connectivity index (χ3n) is 1.92. The van der Waals surface area contributed by atoms with Crippen LogP contribution in [0.1, 0.15) is 5.56 Å². The minimum Gasteiger partial charge on any atom is -0.464 e. The second kappa shape index (κ2) is 5.91. The van der Waals surface area contributed by atoms with Crippen LogP contribution in [0.2, 0.25) is 10.0 Å². The predicted molar refractivity (Wildman–Crippen MR) is 72.5 cm³/mol. The van der Waals surface area contributed by atoms with Gasteiger partial charge in [-0.2, -0.15) is 9.36 Å². The highest BCUT2D eigenvalue weighted by Gasteiger charge is 2.05. The van der Waals surface area contributed by atoms with E-state index in [1.807, 2.05) is 12.3 Å². The summed E-state index contributed by atoms with van der Waals surface area (Å²) in [5.41, 5.74) is 0.945. The van der Waals surface area contributed by atoms with Crippen molar-refractivity contribution >= 4 is 46.5 Å². The number of hydrogen-bond acceptors (Lipinski definition) is 5. The van der Waals surface area contributed by atoms with Crippen molar-refractivity contribution in [2.75, 3.05) is 6.26 Å². The molecule has 90 valence electrons. The highest BCUT2D eigenvalue weighted by molar-refractivity contribution is 7.98. The first-order valence-electron chi connectivity index (χ1n) is 4.63. The Kier molecular flexibility index (Phi) is 4.50. The lowest BCUT2D eigenvalue weighted by atomic mass is 10.2. The summed E-state index contributed by atoms with van der Waals surface area (Å²) in [7, 11) is 0. The number of benzene rings is 1. The molecular formula is C10H8Cl2N2OS2. The van der Waals surface area contributed by atoms with Crippen molar-refractivity contribution in [3.8, 4) is 5.19 Å². The van der Waals surface area contributed by atoms with Crippen molar-refractivity contribution in [1.29, 1.82) is 0 Å². The minimum atomic E-state index is 0.403. The number of rotatable bonds is 4. The summed E-state index contributed by atoms with van der Waals surface area (Å²) in [5.74, 6) is 0. The Morgan fingerprint density at radius 1 is 1.35 bits per heavy atom. The number of thioether (sulfide) groups is 1. The predicted octanol–water partition coefficient (Wildman–Crippen LogP) is 4.15. The molecule has 7 heteroatoms. The normalized spacial score (nSPS) is 10.5. The van der Waals surface area contributed by atoms with Gasteiger partial charge >= 0.3 is 0 Å². The first-order valence-corrected chi connectivity index (χ1v) is 7.39. The van der Waals surface area contributed by atoms with Crippen molar-refractivity contribution in [3.05, 3.63) is 33.8 Å². The fraction of sp³-hybridized carbons (Fsp3) is 0.200. The fourth-order valence-electron chi connectivity index (χ4n) is 1.11. The number of nitrogens with zero attached hydrogens (tertiary/aromatic N) is 2. The largest absolute Gasteiger partial charge is 0.464 e. The number of ether oxygens (including phenoxy) is 1. The summed E-state index contributed by atoms with van der Waals surface area (Å²) in [4.78, 5) is 4.17. The maximum atomic E-state index is 5.91. The van der Waals surface area contributed by atoms with Gasteiger partial charge in [-0.05, 0) is 24.0 Å². The lowest BCUT2D eigenvalue weighted by Gasteiger charge is -2.03. The Morgan fingerprint density at radius 2 is 2.18 bits per heavy atom. The Hall–Kier alpha value is -0.490. The minimum absolute atomic E-state index is 0.403. The lowest BCUT2D eigenvalue weighted by Crippen LogP contribution is -1.94. The fourth-order valence-corrected chi connectivity index (χ4v) is 2.51. The Bertz CT molecular complexity index is 519. The number of halogens is 2. The number of aromatic nitrogens is 2. The second-order valence-electron chi connectivity index (χ2n) is 3.08. The SMILES string of the molecule is CSc1nsc(OCc2ccc(Cl)c(Cl)c2)n1. The summed E-state index contributed by atoms with van der Waals surface area (Å²) >= 11 is 14.5. The van der Waals surface area contributed by atoms with Crippen molar-refractivity contribution < 1.29 is 4.74 Å². The van der Waals surface area contributed by atoms with Crippen molar-refractivity contribution in [3.63, 3.8) is 0 Å². The van der Waals surface area contributed by atoms with E-state index in [0.29, 0.717) is 21.8 Å². The van der Waals surface area contributed by atoms with Crippen molar-refractivity contribution in [2.24, 2.45) is 0 Å². The van der Waals surface area contributed by atoms with E-state index in [2.05, 4.69) is 9.36 Å². The average Bonchev–Trinajstić information content (AvgIpc) is 2.79. The first kappa shape index (κ1) is 13.0. The van der Waals surface area contributed by atoms with Crippen LogP contribution < -0.4 is 4.74 Å². The molecule has 0 saturated carbocycles. The van der Waals surface area contributed by atoms with Gasteiger partial charge in [-0.15, -0.1) is 0 Å². The van der Waals surface area contributed by atoms with Crippen LogP contribution in [0.3, 0.4) is 0 Å². The lowest BCUT2D eigenvalue weighted by molar-refractivity contribution is 0.303. The van der Waals surface area contributed by atoms with Gasteiger partial charge in [-0.3, -0.25) is 0 Å². The van der Waals surface area contributed by atoms with Gasteiger partial charge in [0.25, 0.3) is 5.19 Å². The summed E-state index contributed by atoms with van der Waals surface area (Å²) in [6.45, 7) is 0.403. The third kappa shape index (κ3) is 3.48. The van der Waals surface area contributed by atoms with Gasteiger partial charge in [0.1, 0.15) is 6.61 Å². The molecule has 0 radical (unpaired) electrons. The zero-order valence-electron chi connectivity index (χ0n) is 8.81. The van der Waals surface area contributed by atoms with Gasteiger partial charge in [0.05, 0.1) is 10.0 Å². The molecule has 0 unspecified atom stereocenters. The summed E-state index contributed by atoms with van der Waals surface area (Å²) < 4.78 is 9.60. The van der Waals surface area contributed by atoms with E-state index in [9.17, 15) is 0 Å². The van der Waals surface area contributed by atoms with E-state index in [0.717, 1.165) is 10.7 Å². The maximum Gasteiger partial charge on any atom is 0.294 e. The van der Waals surface area contributed by atoms with E-state index in [1.165, 1.54) is 23.3 Å². The molecule has 3 nitrogen and oxygen atoms in total. The summed E-state index contributed by atoms with van der Waals surface area (Å²) in [5, 5.41) is 2.34. The van der Waals surface area contributed by atoms with Crippen LogP contribution in [0.5, 0.6) is 5.19 Å². The van der Waals surface area contributed by atoms with Crippen LogP contribution in [0.25, 0.3) is 0 Å². The Labute approximate surface area is 117 Å². The monoisotopic (exact) mass is 306 g/mol. The zero-order chi connectivity index (χ0) is 12.3. The molecule has 0 aliphatic carbocycles. The van der Waals surface area contributed by atoms with E-state index in [1.54, 1.807) is 12.1 Å². The van der Waals surface area contributed by atoms with Crippen LogP contribution in [-0.2, 0) is 6.61 Å². The number of hydrogen-bond donors (Lipinski definition) is 0. The molecule has 0 bridgehead atoms. The highest BCUT2D eigenvalue weighted by atomic mass is 35.5. The topological polar surface area (TPSA) is 35.0 Å². The summed E-state index contributed by atoms with van der Waals surface area (Å²) in [6, 6.07) is 5.39. The molecule has 0 N–H and O–H groups in total. The van der Waals surface area contributed by atoms with Gasteiger partial charge in [0.15, 0.2) is 0 Å². The Morgan fingerprint density at radius 3 is 2.82 bits per heavy atom. The Balaban J connectivity index is 1.99. The molecule has 1 aromatic heterocycles. The van der Waals surface area contributed by atoms with E-state index >= 15 is 0 Å². The molecule has 0 atom stereocenters. The van der Waals surface area contributed by atoms with E-state index < -0.39 is 0 Å². The van der Waals surface area contributed by atoms with Crippen molar-refractivity contribution in [2.45, 2.75) is 11.8 Å². The molecule has 1 heterocycles. The molecule has 1 aromatic carbocycles. The second-order valence-corrected chi connectivity index (χ2v) is 5.39. The van der Waals surface area contributed by atoms with Crippen LogP contribution in [-0.4, -0.2) is 15.6 Å². The van der Waals surface area contributed by atoms with Crippen LogP contribution in [0.4, 0.5) is 0 Å². The van der Waals surface area contributed by atoms with E-state index in [-0.39, 0.29) is 0 Å². The molecule has 0 amide bonds. The molecule has 17 heavy (non-hydrogen) atoms. The quantitative estimate of drug-likeness (QED) is 0.795. The van der Waals surface area contributed by atoms with Gasteiger partial charge < -0.3 is 4.74 Å². The van der Waals surface area contributed by atoms with Gasteiger partial charge in [-0.1, -0.05) is 41.0 Å². The first-order chi connectivity index (χ1) is 8.19. The van der Waals surface area contributed by atoms with Crippen LogP contribution >= 0.6 is 46.5 Å². The maximum absolute atomic E-state index is 5.91. The molecule has 0 saturated heterocycles.